The van der Waals surface area contributed by atoms with Gasteiger partial charge in [0.2, 0.25) is 0 Å². The van der Waals surface area contributed by atoms with Crippen molar-refractivity contribution in [3.63, 3.8) is 0 Å². The molecule has 0 spiro atoms. The van der Waals surface area contributed by atoms with Crippen LogP contribution < -0.4 is 10.6 Å². The molecular formula is C14H28N2O2. The molecule has 0 bridgehead atoms. The van der Waals surface area contributed by atoms with Crippen LogP contribution in [0.3, 0.4) is 0 Å². The van der Waals surface area contributed by atoms with Gasteiger partial charge in [-0.15, -0.1) is 0 Å². The molecular weight excluding hydrogens is 228 g/mol. The third kappa shape index (κ3) is 6.84. The number of carbonyl (C=O) groups excluding carboxylic acids is 1. The molecule has 1 fully saturated rings. The molecule has 0 radical (unpaired) electrons. The number of urea groups is 1. The topological polar surface area (TPSA) is 50.4 Å². The molecule has 0 saturated heterocycles. The van der Waals surface area contributed by atoms with Crippen LogP contribution >= 0.6 is 0 Å². The molecule has 2 N–H and O–H groups in total. The highest BCUT2D eigenvalue weighted by atomic mass is 16.5. The van der Waals surface area contributed by atoms with E-state index in [4.69, 9.17) is 4.74 Å². The van der Waals surface area contributed by atoms with Crippen LogP contribution in [-0.4, -0.2) is 31.3 Å². The van der Waals surface area contributed by atoms with E-state index in [0.717, 1.165) is 19.4 Å². The molecule has 0 aliphatic heterocycles. The van der Waals surface area contributed by atoms with Gasteiger partial charge in [-0.2, -0.15) is 0 Å². The fraction of sp³-hybridized carbons (Fsp3) is 0.929. The highest BCUT2D eigenvalue weighted by molar-refractivity contribution is 5.74. The predicted molar refractivity (Wildman–Crippen MR) is 73.7 cm³/mol. The van der Waals surface area contributed by atoms with E-state index in [0.29, 0.717) is 12.6 Å². The maximum Gasteiger partial charge on any atom is 0.314 e. The molecule has 1 aliphatic carbocycles. The number of carbonyl (C=O) groups is 1. The lowest BCUT2D eigenvalue weighted by Crippen LogP contribution is -2.41. The Balaban J connectivity index is 1.92. The molecule has 106 valence electrons. The molecule has 4 heteroatoms. The van der Waals surface area contributed by atoms with Gasteiger partial charge in [0, 0.05) is 19.2 Å². The highest BCUT2D eigenvalue weighted by Crippen LogP contribution is 2.20. The fourth-order valence-corrected chi connectivity index (χ4v) is 2.13. The lowest BCUT2D eigenvalue weighted by Gasteiger charge is -2.22. The minimum atomic E-state index is -0.0676. The predicted octanol–water partition coefficient (Wildman–Crippen LogP) is 2.82. The summed E-state index contributed by atoms with van der Waals surface area (Å²) >= 11 is 0. The molecule has 1 aliphatic rings. The van der Waals surface area contributed by atoms with Crippen LogP contribution in [0.1, 0.15) is 58.8 Å². The largest absolute Gasteiger partial charge is 0.378 e. The first-order valence-corrected chi connectivity index (χ1v) is 7.38. The van der Waals surface area contributed by atoms with Gasteiger partial charge in [-0.05, 0) is 32.6 Å². The van der Waals surface area contributed by atoms with Crippen LogP contribution in [0.5, 0.6) is 0 Å². The average Bonchev–Trinajstić information content (AvgIpc) is 2.39. The van der Waals surface area contributed by atoms with Crippen molar-refractivity contribution in [3.05, 3.63) is 0 Å². The van der Waals surface area contributed by atoms with Crippen LogP contribution in [0, 0.1) is 0 Å². The summed E-state index contributed by atoms with van der Waals surface area (Å²) in [6.45, 7) is 5.51. The molecule has 18 heavy (non-hydrogen) atoms. The summed E-state index contributed by atoms with van der Waals surface area (Å²) < 4.78 is 5.80. The number of ether oxygens (including phenoxy) is 1. The smallest absolute Gasteiger partial charge is 0.314 e. The van der Waals surface area contributed by atoms with E-state index >= 15 is 0 Å². The quantitative estimate of drug-likeness (QED) is 0.688. The number of nitrogens with one attached hydrogen (secondary N) is 2. The Morgan fingerprint density at radius 1 is 1.33 bits per heavy atom. The summed E-state index contributed by atoms with van der Waals surface area (Å²) in [5, 5.41) is 5.73. The van der Waals surface area contributed by atoms with Gasteiger partial charge in [0.15, 0.2) is 0 Å². The zero-order valence-corrected chi connectivity index (χ0v) is 11.8. The zero-order chi connectivity index (χ0) is 13.2. The van der Waals surface area contributed by atoms with Crippen LogP contribution in [0.2, 0.25) is 0 Å². The molecule has 0 aromatic carbocycles. The van der Waals surface area contributed by atoms with Gasteiger partial charge in [-0.25, -0.2) is 4.79 Å². The van der Waals surface area contributed by atoms with Crippen LogP contribution in [0.25, 0.3) is 0 Å². The summed E-state index contributed by atoms with van der Waals surface area (Å²) in [7, 11) is 0. The van der Waals surface area contributed by atoms with Gasteiger partial charge in [0.05, 0.1) is 6.10 Å². The van der Waals surface area contributed by atoms with E-state index in [1.807, 2.05) is 6.92 Å². The first-order chi connectivity index (χ1) is 8.72. The first-order valence-electron chi connectivity index (χ1n) is 7.38. The van der Waals surface area contributed by atoms with Crippen molar-refractivity contribution in [2.75, 3.05) is 13.2 Å². The summed E-state index contributed by atoms with van der Waals surface area (Å²) in [5.41, 5.74) is 0. The van der Waals surface area contributed by atoms with Gasteiger partial charge in [-0.3, -0.25) is 0 Å². The van der Waals surface area contributed by atoms with Crippen LogP contribution in [0.4, 0.5) is 4.79 Å². The second-order valence-corrected chi connectivity index (χ2v) is 5.19. The van der Waals surface area contributed by atoms with Gasteiger partial charge >= 0.3 is 6.03 Å². The molecule has 0 aromatic heterocycles. The minimum absolute atomic E-state index is 0.0676. The molecule has 1 rings (SSSR count). The second kappa shape index (κ2) is 9.20. The molecule has 0 heterocycles. The van der Waals surface area contributed by atoms with E-state index < -0.39 is 0 Å². The Morgan fingerprint density at radius 2 is 2.06 bits per heavy atom. The van der Waals surface area contributed by atoms with Gasteiger partial charge in [0.1, 0.15) is 0 Å². The number of amides is 2. The third-order valence-corrected chi connectivity index (χ3v) is 3.50. The lowest BCUT2D eigenvalue weighted by molar-refractivity contribution is 0.0275. The fourth-order valence-electron chi connectivity index (χ4n) is 2.13. The van der Waals surface area contributed by atoms with Crippen molar-refractivity contribution < 1.29 is 9.53 Å². The maximum atomic E-state index is 11.4. The van der Waals surface area contributed by atoms with Gasteiger partial charge in [0.25, 0.3) is 0 Å². The van der Waals surface area contributed by atoms with Crippen LogP contribution in [0.15, 0.2) is 0 Å². The molecule has 1 saturated carbocycles. The normalized spacial score (nSPS) is 18.3. The summed E-state index contributed by atoms with van der Waals surface area (Å²) in [6, 6.07) is 0.172. The SMILES string of the molecule is CC[C@@H](C)NC(=O)NCCCOC1CCCCC1. The zero-order valence-electron chi connectivity index (χ0n) is 11.8. The third-order valence-electron chi connectivity index (χ3n) is 3.50. The van der Waals surface area contributed by atoms with Gasteiger partial charge < -0.3 is 15.4 Å². The van der Waals surface area contributed by atoms with E-state index in [-0.39, 0.29) is 12.1 Å². The summed E-state index contributed by atoms with van der Waals surface area (Å²) in [5.74, 6) is 0. The molecule has 0 unspecified atom stereocenters. The summed E-state index contributed by atoms with van der Waals surface area (Å²) in [4.78, 5) is 11.4. The van der Waals surface area contributed by atoms with E-state index in [1.165, 1.54) is 32.1 Å². The van der Waals surface area contributed by atoms with Crippen LogP contribution in [-0.2, 0) is 4.74 Å². The second-order valence-electron chi connectivity index (χ2n) is 5.19. The molecule has 4 nitrogen and oxygen atoms in total. The van der Waals surface area contributed by atoms with Gasteiger partial charge in [-0.1, -0.05) is 26.2 Å². The van der Waals surface area contributed by atoms with E-state index in [9.17, 15) is 4.79 Å². The van der Waals surface area contributed by atoms with Crippen molar-refractivity contribution in [3.8, 4) is 0 Å². The maximum absolute atomic E-state index is 11.4. The Bertz CT molecular complexity index is 228. The van der Waals surface area contributed by atoms with Crippen molar-refractivity contribution >= 4 is 6.03 Å². The number of hydrogen-bond donors (Lipinski definition) is 2. The van der Waals surface area contributed by atoms with Crippen molar-refractivity contribution in [2.24, 2.45) is 0 Å². The lowest BCUT2D eigenvalue weighted by atomic mass is 9.98. The molecule has 1 atom stereocenters. The monoisotopic (exact) mass is 256 g/mol. The van der Waals surface area contributed by atoms with Crippen molar-refractivity contribution in [2.45, 2.75) is 70.9 Å². The minimum Gasteiger partial charge on any atom is -0.378 e. The number of rotatable bonds is 7. The summed E-state index contributed by atoms with van der Waals surface area (Å²) in [6.07, 6.45) is 8.71. The average molecular weight is 256 g/mol. The Kier molecular flexibility index (Phi) is 7.81. The Hall–Kier alpha value is -0.770. The highest BCUT2D eigenvalue weighted by Gasteiger charge is 2.13. The Labute approximate surface area is 111 Å². The first kappa shape index (κ1) is 15.3. The van der Waals surface area contributed by atoms with E-state index in [1.54, 1.807) is 0 Å². The van der Waals surface area contributed by atoms with Crippen molar-refractivity contribution in [1.82, 2.24) is 10.6 Å². The standard InChI is InChI=1S/C14H28N2O2/c1-3-12(2)16-14(17)15-10-7-11-18-13-8-5-4-6-9-13/h12-13H,3-11H2,1-2H3,(H2,15,16,17)/t12-/m1/s1. The molecule has 0 aromatic rings. The molecule has 2 amide bonds. The van der Waals surface area contributed by atoms with Crippen molar-refractivity contribution in [1.29, 1.82) is 0 Å². The van der Waals surface area contributed by atoms with E-state index in [2.05, 4.69) is 17.6 Å². The Morgan fingerprint density at radius 3 is 2.72 bits per heavy atom. The number of hydrogen-bond acceptors (Lipinski definition) is 2.